The topological polar surface area (TPSA) is 136 Å². The minimum Gasteiger partial charge on any atom is -0.497 e. The normalized spacial score (nSPS) is 12.3. The number of furan rings is 1. The van der Waals surface area contributed by atoms with Crippen LogP contribution in [0.15, 0.2) is 53.3 Å². The molecule has 11 heteroatoms. The van der Waals surface area contributed by atoms with Crippen molar-refractivity contribution in [1.82, 2.24) is 29.4 Å². The summed E-state index contributed by atoms with van der Waals surface area (Å²) < 4.78 is 18.5. The molecule has 0 saturated heterocycles. The van der Waals surface area contributed by atoms with Crippen molar-refractivity contribution in [3.8, 4) is 17.3 Å². The van der Waals surface area contributed by atoms with Crippen molar-refractivity contribution in [3.05, 3.63) is 54.4 Å². The van der Waals surface area contributed by atoms with Crippen molar-refractivity contribution >= 4 is 28.6 Å². The number of benzene rings is 1. The number of rotatable bonds is 5. The summed E-state index contributed by atoms with van der Waals surface area (Å²) in [5.74, 6) is 1.10. The van der Waals surface area contributed by atoms with E-state index in [1.54, 1.807) is 49.7 Å². The van der Waals surface area contributed by atoms with Gasteiger partial charge in [0.1, 0.15) is 5.75 Å². The highest BCUT2D eigenvalue weighted by molar-refractivity contribution is 5.92. The molecular weight excluding hydrogens is 402 g/mol. The van der Waals surface area contributed by atoms with Gasteiger partial charge in [-0.1, -0.05) is 12.1 Å². The standard InChI is InChI=1S/C20H17N7O4/c1-29-12-7-5-11(6-8-12)15(19(28)30-2)26-18-13(10-22-26)17-23-16(14-4-3-9-31-14)25-27(17)20(21)24-18/h3-10,15H,1-2H3,(H2,21,24). The highest BCUT2D eigenvalue weighted by Crippen LogP contribution is 2.28. The van der Waals surface area contributed by atoms with Gasteiger partial charge in [0.25, 0.3) is 0 Å². The highest BCUT2D eigenvalue weighted by atomic mass is 16.5. The fourth-order valence-electron chi connectivity index (χ4n) is 3.40. The first-order chi connectivity index (χ1) is 15.1. The van der Waals surface area contributed by atoms with E-state index in [2.05, 4.69) is 20.2 Å². The van der Waals surface area contributed by atoms with E-state index in [4.69, 9.17) is 19.6 Å². The largest absolute Gasteiger partial charge is 0.497 e. The van der Waals surface area contributed by atoms with Crippen LogP contribution in [0.1, 0.15) is 11.6 Å². The van der Waals surface area contributed by atoms with Crippen LogP contribution in [0.25, 0.3) is 28.3 Å². The van der Waals surface area contributed by atoms with E-state index >= 15 is 0 Å². The summed E-state index contributed by atoms with van der Waals surface area (Å²) >= 11 is 0. The number of fused-ring (bicyclic) bond motifs is 3. The maximum atomic E-state index is 12.7. The van der Waals surface area contributed by atoms with Crippen LogP contribution in [-0.2, 0) is 9.53 Å². The molecule has 156 valence electrons. The molecule has 1 unspecified atom stereocenters. The minimum atomic E-state index is -0.879. The summed E-state index contributed by atoms with van der Waals surface area (Å²) in [6, 6.07) is 9.65. The van der Waals surface area contributed by atoms with Gasteiger partial charge in [-0.05, 0) is 29.8 Å². The monoisotopic (exact) mass is 419 g/mol. The van der Waals surface area contributed by atoms with E-state index in [9.17, 15) is 4.79 Å². The van der Waals surface area contributed by atoms with Crippen molar-refractivity contribution < 1.29 is 18.7 Å². The zero-order valence-electron chi connectivity index (χ0n) is 16.6. The molecule has 0 spiro atoms. The average molecular weight is 419 g/mol. The van der Waals surface area contributed by atoms with Gasteiger partial charge in [0.2, 0.25) is 11.8 Å². The summed E-state index contributed by atoms with van der Waals surface area (Å²) in [6.45, 7) is 0. The predicted molar refractivity (Wildman–Crippen MR) is 109 cm³/mol. The number of ether oxygens (including phenoxy) is 2. The van der Waals surface area contributed by atoms with Crippen LogP contribution in [0.2, 0.25) is 0 Å². The number of nitrogen functional groups attached to an aromatic ring is 1. The van der Waals surface area contributed by atoms with Crippen LogP contribution < -0.4 is 10.5 Å². The second-order valence-corrected chi connectivity index (χ2v) is 6.64. The molecule has 0 amide bonds. The summed E-state index contributed by atoms with van der Waals surface area (Å²) in [5.41, 5.74) is 7.61. The van der Waals surface area contributed by atoms with Gasteiger partial charge in [-0.15, -0.1) is 5.10 Å². The van der Waals surface area contributed by atoms with Gasteiger partial charge in [-0.25, -0.2) is 14.5 Å². The van der Waals surface area contributed by atoms with E-state index in [1.807, 2.05) is 0 Å². The molecule has 1 aromatic carbocycles. The number of nitrogens with two attached hydrogens (primary N) is 1. The lowest BCUT2D eigenvalue weighted by molar-refractivity contribution is -0.143. The predicted octanol–water partition coefficient (Wildman–Crippen LogP) is 2.09. The van der Waals surface area contributed by atoms with E-state index in [0.29, 0.717) is 39.6 Å². The maximum absolute atomic E-state index is 12.7. The Morgan fingerprint density at radius 3 is 2.61 bits per heavy atom. The number of hydrogen-bond acceptors (Lipinski definition) is 9. The fourth-order valence-corrected chi connectivity index (χ4v) is 3.40. The Bertz CT molecular complexity index is 1390. The fraction of sp³-hybridized carbons (Fsp3) is 0.150. The molecule has 2 N–H and O–H groups in total. The van der Waals surface area contributed by atoms with Crippen LogP contribution >= 0.6 is 0 Å². The molecular formula is C20H17N7O4. The Hall–Kier alpha value is -4.41. The van der Waals surface area contributed by atoms with E-state index < -0.39 is 12.0 Å². The molecule has 4 heterocycles. The molecule has 1 atom stereocenters. The zero-order chi connectivity index (χ0) is 21.5. The minimum absolute atomic E-state index is 0.0907. The summed E-state index contributed by atoms with van der Waals surface area (Å²) in [6.07, 6.45) is 3.10. The van der Waals surface area contributed by atoms with Crippen LogP contribution in [0.3, 0.4) is 0 Å². The Morgan fingerprint density at radius 2 is 1.94 bits per heavy atom. The van der Waals surface area contributed by atoms with E-state index in [0.717, 1.165) is 0 Å². The van der Waals surface area contributed by atoms with Crippen molar-refractivity contribution in [3.63, 3.8) is 0 Å². The summed E-state index contributed by atoms with van der Waals surface area (Å²) in [7, 11) is 2.89. The third-order valence-corrected chi connectivity index (χ3v) is 4.90. The highest BCUT2D eigenvalue weighted by Gasteiger charge is 2.28. The third kappa shape index (κ3) is 2.94. The number of hydrogen-bond donors (Lipinski definition) is 1. The van der Waals surface area contributed by atoms with Crippen molar-refractivity contribution in [2.24, 2.45) is 0 Å². The van der Waals surface area contributed by atoms with Crippen LogP contribution in [0, 0.1) is 0 Å². The lowest BCUT2D eigenvalue weighted by Gasteiger charge is -2.16. The lowest BCUT2D eigenvalue weighted by atomic mass is 10.1. The van der Waals surface area contributed by atoms with Crippen LogP contribution in [0.4, 0.5) is 5.95 Å². The number of nitrogens with zero attached hydrogens (tertiary/aromatic N) is 6. The van der Waals surface area contributed by atoms with E-state index in [1.165, 1.54) is 22.6 Å². The Balaban J connectivity index is 1.70. The van der Waals surface area contributed by atoms with Gasteiger partial charge in [0, 0.05) is 0 Å². The summed E-state index contributed by atoms with van der Waals surface area (Å²) in [4.78, 5) is 21.7. The SMILES string of the molecule is COC(=O)C(c1ccc(OC)cc1)n1ncc2c1nc(N)n1nc(-c3ccco3)nc21. The third-order valence-electron chi connectivity index (χ3n) is 4.90. The second kappa shape index (κ2) is 7.13. The zero-order valence-corrected chi connectivity index (χ0v) is 16.6. The van der Waals surface area contributed by atoms with Gasteiger partial charge in [0.15, 0.2) is 23.1 Å². The number of methoxy groups -OCH3 is 2. The molecule has 0 fully saturated rings. The Morgan fingerprint density at radius 1 is 1.13 bits per heavy atom. The molecule has 0 saturated carbocycles. The lowest BCUT2D eigenvalue weighted by Crippen LogP contribution is -2.23. The van der Waals surface area contributed by atoms with Gasteiger partial charge in [-0.2, -0.15) is 14.6 Å². The van der Waals surface area contributed by atoms with E-state index in [-0.39, 0.29) is 5.95 Å². The van der Waals surface area contributed by atoms with Gasteiger partial charge < -0.3 is 19.6 Å². The van der Waals surface area contributed by atoms with Gasteiger partial charge in [-0.3, -0.25) is 0 Å². The van der Waals surface area contributed by atoms with Crippen molar-refractivity contribution in [2.45, 2.75) is 6.04 Å². The number of aromatic nitrogens is 6. The molecule has 0 aliphatic heterocycles. The van der Waals surface area contributed by atoms with Crippen molar-refractivity contribution in [1.29, 1.82) is 0 Å². The molecule has 0 aliphatic carbocycles. The molecule has 5 aromatic rings. The first-order valence-corrected chi connectivity index (χ1v) is 9.26. The smallest absolute Gasteiger partial charge is 0.335 e. The molecule has 0 bridgehead atoms. The summed E-state index contributed by atoms with van der Waals surface area (Å²) in [5, 5.41) is 9.35. The molecule has 0 aliphatic rings. The quantitative estimate of drug-likeness (QED) is 0.425. The van der Waals surface area contributed by atoms with Crippen LogP contribution in [-0.4, -0.2) is 49.6 Å². The number of carbonyl (C=O) groups excluding carboxylic acids is 1. The number of anilines is 1. The number of esters is 1. The Kier molecular flexibility index (Phi) is 4.28. The molecule has 0 radical (unpaired) electrons. The van der Waals surface area contributed by atoms with Gasteiger partial charge >= 0.3 is 5.97 Å². The first kappa shape index (κ1) is 18.6. The van der Waals surface area contributed by atoms with Gasteiger partial charge in [0.05, 0.1) is 32.1 Å². The molecule has 31 heavy (non-hydrogen) atoms. The first-order valence-electron chi connectivity index (χ1n) is 9.26. The molecule has 5 rings (SSSR count). The van der Waals surface area contributed by atoms with Crippen molar-refractivity contribution in [2.75, 3.05) is 20.0 Å². The van der Waals surface area contributed by atoms with Crippen LogP contribution in [0.5, 0.6) is 5.75 Å². The maximum Gasteiger partial charge on any atom is 0.335 e. The molecule has 11 nitrogen and oxygen atoms in total. The Labute approximate surface area is 175 Å². The molecule has 4 aromatic heterocycles. The average Bonchev–Trinajstić information content (AvgIpc) is 3.54. The second-order valence-electron chi connectivity index (χ2n) is 6.64. The number of carbonyl (C=O) groups is 1.